The highest BCUT2D eigenvalue weighted by Gasteiger charge is 2.12. The Hall–Kier alpha value is -0.860. The molecule has 0 spiro atoms. The number of hydrogen-bond acceptors (Lipinski definition) is 3. The Kier molecular flexibility index (Phi) is 8.87. The number of carbonyl (C=O) groups is 2. The Morgan fingerprint density at radius 2 is 1.81 bits per heavy atom. The van der Waals surface area contributed by atoms with Crippen LogP contribution in [0.1, 0.15) is 65.7 Å². The molecule has 94 valence electrons. The van der Waals surface area contributed by atoms with Crippen molar-refractivity contribution in [3.63, 3.8) is 0 Å². The van der Waals surface area contributed by atoms with E-state index in [-0.39, 0.29) is 24.3 Å². The van der Waals surface area contributed by atoms with Crippen molar-refractivity contribution >= 4 is 11.8 Å². The Labute approximate surface area is 98.6 Å². The summed E-state index contributed by atoms with van der Waals surface area (Å²) in [6, 6.07) is 0. The van der Waals surface area contributed by atoms with Crippen molar-refractivity contribution in [2.75, 3.05) is 0 Å². The molecule has 0 bridgehead atoms. The van der Waals surface area contributed by atoms with Gasteiger partial charge in [-0.1, -0.05) is 26.7 Å². The molecule has 3 nitrogen and oxygen atoms in total. The normalized spacial score (nSPS) is 12.2. The zero-order valence-corrected chi connectivity index (χ0v) is 10.8. The maximum absolute atomic E-state index is 11.4. The van der Waals surface area contributed by atoms with Crippen LogP contribution in [0.5, 0.6) is 0 Å². The summed E-state index contributed by atoms with van der Waals surface area (Å²) in [4.78, 5) is 22.1. The number of rotatable bonds is 9. The Bertz CT molecular complexity index is 211. The summed E-state index contributed by atoms with van der Waals surface area (Å²) in [7, 11) is 0. The van der Waals surface area contributed by atoms with Gasteiger partial charge in [-0.15, -0.1) is 0 Å². The molecule has 1 unspecified atom stereocenters. The first-order valence-electron chi connectivity index (χ1n) is 6.29. The summed E-state index contributed by atoms with van der Waals surface area (Å²) in [5.41, 5.74) is 0. The van der Waals surface area contributed by atoms with Gasteiger partial charge in [-0.25, -0.2) is 0 Å². The number of hydrogen-bond donors (Lipinski definition) is 0. The third kappa shape index (κ3) is 8.45. The molecular formula is C13H24O3. The van der Waals surface area contributed by atoms with Crippen molar-refractivity contribution in [1.29, 1.82) is 0 Å². The summed E-state index contributed by atoms with van der Waals surface area (Å²) in [5, 5.41) is 0. The number of carbonyl (C=O) groups excluding carboxylic acids is 2. The average Bonchev–Trinajstić information content (AvgIpc) is 2.25. The van der Waals surface area contributed by atoms with Crippen molar-refractivity contribution in [2.45, 2.75) is 71.8 Å². The van der Waals surface area contributed by atoms with E-state index in [0.717, 1.165) is 19.3 Å². The lowest BCUT2D eigenvalue weighted by Crippen LogP contribution is -2.17. The molecule has 0 rings (SSSR count). The minimum atomic E-state index is -0.237. The van der Waals surface area contributed by atoms with Crippen LogP contribution in [0.4, 0.5) is 0 Å². The summed E-state index contributed by atoms with van der Waals surface area (Å²) in [5.74, 6) is -0.200. The largest absolute Gasteiger partial charge is 0.462 e. The fraction of sp³-hybridized carbons (Fsp3) is 0.846. The lowest BCUT2D eigenvalue weighted by atomic mass is 10.1. The van der Waals surface area contributed by atoms with Crippen molar-refractivity contribution < 1.29 is 14.3 Å². The molecule has 0 N–H and O–H groups in total. The topological polar surface area (TPSA) is 43.4 Å². The Balaban J connectivity index is 3.74. The third-order valence-electron chi connectivity index (χ3n) is 2.56. The van der Waals surface area contributed by atoms with Crippen molar-refractivity contribution in [2.24, 2.45) is 0 Å². The molecule has 3 heteroatoms. The van der Waals surface area contributed by atoms with Crippen LogP contribution in [0.25, 0.3) is 0 Å². The molecule has 16 heavy (non-hydrogen) atoms. The van der Waals surface area contributed by atoms with Gasteiger partial charge < -0.3 is 9.53 Å². The molecule has 0 saturated heterocycles. The minimum absolute atomic E-state index is 0.0333. The second kappa shape index (κ2) is 9.37. The highest BCUT2D eigenvalue weighted by Crippen LogP contribution is 2.11. The molecule has 0 aromatic rings. The zero-order chi connectivity index (χ0) is 12.4. The molecule has 1 atom stereocenters. The van der Waals surface area contributed by atoms with Crippen molar-refractivity contribution in [3.8, 4) is 0 Å². The number of unbranched alkanes of at least 4 members (excludes halogenated alkanes) is 2. The van der Waals surface area contributed by atoms with Crippen LogP contribution >= 0.6 is 0 Å². The van der Waals surface area contributed by atoms with Gasteiger partial charge in [-0.2, -0.15) is 0 Å². The van der Waals surface area contributed by atoms with E-state index in [9.17, 15) is 9.59 Å². The highest BCUT2D eigenvalue weighted by molar-refractivity contribution is 5.81. The number of ether oxygens (including phenoxy) is 1. The van der Waals surface area contributed by atoms with E-state index in [2.05, 4.69) is 6.92 Å². The quantitative estimate of drug-likeness (QED) is 0.449. The second-order valence-electron chi connectivity index (χ2n) is 4.22. The lowest BCUT2D eigenvalue weighted by Gasteiger charge is -2.15. The van der Waals surface area contributed by atoms with E-state index in [4.69, 9.17) is 4.74 Å². The maximum Gasteiger partial charge on any atom is 0.306 e. The summed E-state index contributed by atoms with van der Waals surface area (Å²) in [6.45, 7) is 5.67. The SMILES string of the molecule is CCCCCC(CC)OC(=O)CCC(C)=O. The van der Waals surface area contributed by atoms with E-state index in [1.165, 1.54) is 19.8 Å². The first-order valence-corrected chi connectivity index (χ1v) is 6.29. The van der Waals surface area contributed by atoms with Crippen LogP contribution in [-0.2, 0) is 14.3 Å². The standard InChI is InChI=1S/C13H24O3/c1-4-6-7-8-12(5-2)16-13(15)10-9-11(3)14/h12H,4-10H2,1-3H3. The van der Waals surface area contributed by atoms with Gasteiger partial charge in [0.2, 0.25) is 0 Å². The van der Waals surface area contributed by atoms with Crippen LogP contribution in [0.2, 0.25) is 0 Å². The molecule has 0 fully saturated rings. The molecule has 0 heterocycles. The molecule has 0 aromatic heterocycles. The first kappa shape index (κ1) is 15.1. The van der Waals surface area contributed by atoms with Gasteiger partial charge in [-0.3, -0.25) is 4.79 Å². The van der Waals surface area contributed by atoms with Gasteiger partial charge in [0, 0.05) is 6.42 Å². The van der Waals surface area contributed by atoms with E-state index in [1.807, 2.05) is 6.92 Å². The summed E-state index contributed by atoms with van der Waals surface area (Å²) >= 11 is 0. The maximum atomic E-state index is 11.4. The monoisotopic (exact) mass is 228 g/mol. The lowest BCUT2D eigenvalue weighted by molar-refractivity contribution is -0.150. The second-order valence-corrected chi connectivity index (χ2v) is 4.22. The predicted molar refractivity (Wildman–Crippen MR) is 64.2 cm³/mol. The molecule has 0 amide bonds. The predicted octanol–water partition coefficient (Wildman–Crippen LogP) is 3.26. The van der Waals surface area contributed by atoms with E-state index < -0.39 is 0 Å². The molecule has 0 aliphatic carbocycles. The summed E-state index contributed by atoms with van der Waals surface area (Å²) < 4.78 is 5.31. The van der Waals surface area contributed by atoms with Gasteiger partial charge in [0.05, 0.1) is 6.42 Å². The fourth-order valence-electron chi connectivity index (χ4n) is 1.49. The van der Waals surface area contributed by atoms with Crippen LogP contribution in [0.3, 0.4) is 0 Å². The van der Waals surface area contributed by atoms with Crippen LogP contribution in [0.15, 0.2) is 0 Å². The highest BCUT2D eigenvalue weighted by atomic mass is 16.5. The summed E-state index contributed by atoms with van der Waals surface area (Å²) in [6.07, 6.45) is 5.81. The van der Waals surface area contributed by atoms with Gasteiger partial charge in [0.25, 0.3) is 0 Å². The first-order chi connectivity index (χ1) is 7.60. The van der Waals surface area contributed by atoms with Crippen LogP contribution in [-0.4, -0.2) is 17.9 Å². The number of Topliss-reactive ketones (excluding diaryl/α,β-unsaturated/α-hetero) is 1. The number of esters is 1. The molecule has 0 aromatic carbocycles. The van der Waals surface area contributed by atoms with Crippen molar-refractivity contribution in [1.82, 2.24) is 0 Å². The molecular weight excluding hydrogens is 204 g/mol. The fourth-order valence-corrected chi connectivity index (χ4v) is 1.49. The third-order valence-corrected chi connectivity index (χ3v) is 2.56. The van der Waals surface area contributed by atoms with Crippen LogP contribution < -0.4 is 0 Å². The Morgan fingerprint density at radius 3 is 2.31 bits per heavy atom. The van der Waals surface area contributed by atoms with E-state index in [0.29, 0.717) is 6.42 Å². The van der Waals surface area contributed by atoms with Gasteiger partial charge in [0.15, 0.2) is 0 Å². The minimum Gasteiger partial charge on any atom is -0.462 e. The van der Waals surface area contributed by atoms with Gasteiger partial charge >= 0.3 is 5.97 Å². The molecule has 0 aliphatic rings. The molecule has 0 saturated carbocycles. The van der Waals surface area contributed by atoms with Crippen LogP contribution in [0, 0.1) is 0 Å². The Morgan fingerprint density at radius 1 is 1.12 bits per heavy atom. The molecule has 0 aliphatic heterocycles. The molecule has 0 radical (unpaired) electrons. The van der Waals surface area contributed by atoms with Gasteiger partial charge in [0.1, 0.15) is 11.9 Å². The zero-order valence-electron chi connectivity index (χ0n) is 10.8. The van der Waals surface area contributed by atoms with Crippen molar-refractivity contribution in [3.05, 3.63) is 0 Å². The van der Waals surface area contributed by atoms with Gasteiger partial charge in [-0.05, 0) is 26.2 Å². The van der Waals surface area contributed by atoms with E-state index >= 15 is 0 Å². The smallest absolute Gasteiger partial charge is 0.306 e. The average molecular weight is 228 g/mol. The van der Waals surface area contributed by atoms with E-state index in [1.54, 1.807) is 0 Å². The number of ketones is 1.